The molecule has 0 aliphatic carbocycles. The number of benzene rings is 1. The predicted octanol–water partition coefficient (Wildman–Crippen LogP) is 6.94. The van der Waals surface area contributed by atoms with E-state index in [4.69, 9.17) is 18.9 Å². The van der Waals surface area contributed by atoms with Gasteiger partial charge in [-0.2, -0.15) is 0 Å². The van der Waals surface area contributed by atoms with Crippen LogP contribution >= 0.6 is 0 Å². The van der Waals surface area contributed by atoms with Crippen LogP contribution in [0.2, 0.25) is 0 Å². The Morgan fingerprint density at radius 3 is 1.05 bits per heavy atom. The van der Waals surface area contributed by atoms with Gasteiger partial charge in [-0.25, -0.2) is 0 Å². The van der Waals surface area contributed by atoms with E-state index >= 15 is 0 Å². The molecule has 0 fully saturated rings. The minimum atomic E-state index is -1.09. The van der Waals surface area contributed by atoms with Crippen molar-refractivity contribution in [2.75, 3.05) is 26.4 Å². The first-order chi connectivity index (χ1) is 20.4. The smallest absolute Gasteiger partial charge is 0.320 e. The molecule has 0 atom stereocenters. The number of carbonyl (C=O) groups excluding carboxylic acids is 4. The Kier molecular flexibility index (Phi) is 20.9. The van der Waals surface area contributed by atoms with E-state index in [0.29, 0.717) is 11.1 Å². The number of esters is 4. The standard InChI is InChI=1S/C34H54O8/c1-5-9-13-20-39-31(35)29(32(36)40-21-14-10-6-2)25-27-18-17-19-28(24-27)26-30(33(37)41-22-15-11-7-3)34(38)42-23-16-12-8-4/h17-19,24,29-30H,5-16,20-23,25-26H2,1-4H3. The first kappa shape index (κ1) is 37.1. The third-order valence-corrected chi connectivity index (χ3v) is 6.98. The summed E-state index contributed by atoms with van der Waals surface area (Å²) in [5, 5.41) is 0. The maximum Gasteiger partial charge on any atom is 0.320 e. The molecule has 8 nitrogen and oxygen atoms in total. The highest BCUT2D eigenvalue weighted by Gasteiger charge is 2.32. The average Bonchev–Trinajstić information content (AvgIpc) is 2.99. The monoisotopic (exact) mass is 590 g/mol. The quantitative estimate of drug-likeness (QED) is 0.0552. The highest BCUT2D eigenvalue weighted by Crippen LogP contribution is 2.19. The van der Waals surface area contributed by atoms with E-state index in [-0.39, 0.29) is 39.3 Å². The largest absolute Gasteiger partial charge is 0.465 e. The fraction of sp³-hybridized carbons (Fsp3) is 0.706. The Morgan fingerprint density at radius 2 is 0.786 bits per heavy atom. The lowest BCUT2D eigenvalue weighted by Crippen LogP contribution is -2.31. The molecule has 0 aliphatic rings. The van der Waals surface area contributed by atoms with E-state index < -0.39 is 35.7 Å². The van der Waals surface area contributed by atoms with Gasteiger partial charge in [-0.05, 0) is 49.7 Å². The molecule has 1 aromatic rings. The zero-order chi connectivity index (χ0) is 31.0. The summed E-state index contributed by atoms with van der Waals surface area (Å²) in [5.74, 6) is -4.57. The number of carbonyl (C=O) groups is 4. The fourth-order valence-corrected chi connectivity index (χ4v) is 4.38. The Hall–Kier alpha value is -2.90. The number of hydrogen-bond donors (Lipinski definition) is 0. The van der Waals surface area contributed by atoms with E-state index in [0.717, 1.165) is 77.0 Å². The molecule has 0 amide bonds. The summed E-state index contributed by atoms with van der Waals surface area (Å²) in [6.45, 7) is 9.29. The van der Waals surface area contributed by atoms with Gasteiger partial charge in [0.25, 0.3) is 0 Å². The van der Waals surface area contributed by atoms with Crippen molar-refractivity contribution in [3.05, 3.63) is 35.4 Å². The van der Waals surface area contributed by atoms with E-state index in [1.165, 1.54) is 0 Å². The lowest BCUT2D eigenvalue weighted by Gasteiger charge is -2.18. The van der Waals surface area contributed by atoms with Gasteiger partial charge >= 0.3 is 23.9 Å². The molecule has 1 aromatic carbocycles. The molecule has 42 heavy (non-hydrogen) atoms. The second kappa shape index (κ2) is 23.6. The van der Waals surface area contributed by atoms with Crippen LogP contribution in [0.15, 0.2) is 24.3 Å². The highest BCUT2D eigenvalue weighted by molar-refractivity contribution is 5.96. The second-order valence-corrected chi connectivity index (χ2v) is 10.8. The SMILES string of the molecule is CCCCCOC(=O)C(Cc1cccc(CC(C(=O)OCCCCC)C(=O)OCCCCC)c1)C(=O)OCCCCC. The summed E-state index contributed by atoms with van der Waals surface area (Å²) in [6.07, 6.45) is 10.9. The molecule has 0 unspecified atom stereocenters. The van der Waals surface area contributed by atoms with Crippen LogP contribution in [0.25, 0.3) is 0 Å². The third kappa shape index (κ3) is 15.9. The molecular formula is C34H54O8. The molecule has 0 heterocycles. The fourth-order valence-electron chi connectivity index (χ4n) is 4.38. The molecule has 0 spiro atoms. The van der Waals surface area contributed by atoms with Crippen molar-refractivity contribution in [2.45, 2.75) is 118 Å². The maximum absolute atomic E-state index is 12.9. The Labute approximate surface area is 253 Å². The summed E-state index contributed by atoms with van der Waals surface area (Å²) in [4.78, 5) is 51.7. The van der Waals surface area contributed by atoms with Crippen LogP contribution in [-0.4, -0.2) is 50.3 Å². The van der Waals surface area contributed by atoms with E-state index in [9.17, 15) is 19.2 Å². The minimum absolute atomic E-state index is 0.0979. The van der Waals surface area contributed by atoms with Crippen LogP contribution in [0.4, 0.5) is 0 Å². The Bertz CT molecular complexity index is 795. The van der Waals surface area contributed by atoms with Gasteiger partial charge in [-0.3, -0.25) is 19.2 Å². The molecule has 0 bridgehead atoms. The van der Waals surface area contributed by atoms with Crippen LogP contribution in [0.3, 0.4) is 0 Å². The minimum Gasteiger partial charge on any atom is -0.465 e. The number of unbranched alkanes of at least 4 members (excludes halogenated alkanes) is 8. The number of ether oxygens (including phenoxy) is 4. The van der Waals surface area contributed by atoms with Crippen molar-refractivity contribution in [1.29, 1.82) is 0 Å². The summed E-state index contributed by atoms with van der Waals surface area (Å²) in [6, 6.07) is 7.22. The van der Waals surface area contributed by atoms with Crippen LogP contribution in [0, 0.1) is 11.8 Å². The molecular weight excluding hydrogens is 536 g/mol. The molecule has 0 saturated carbocycles. The molecule has 0 aliphatic heterocycles. The van der Waals surface area contributed by atoms with Crippen molar-refractivity contribution in [2.24, 2.45) is 11.8 Å². The third-order valence-electron chi connectivity index (χ3n) is 6.98. The van der Waals surface area contributed by atoms with Crippen molar-refractivity contribution in [1.82, 2.24) is 0 Å². The molecule has 0 aromatic heterocycles. The Balaban J connectivity index is 3.03. The number of rotatable bonds is 24. The second-order valence-electron chi connectivity index (χ2n) is 10.8. The van der Waals surface area contributed by atoms with Crippen molar-refractivity contribution < 1.29 is 38.1 Å². The average molecular weight is 591 g/mol. The van der Waals surface area contributed by atoms with Gasteiger partial charge in [0.2, 0.25) is 0 Å². The van der Waals surface area contributed by atoms with E-state index in [1.54, 1.807) is 6.07 Å². The normalized spacial score (nSPS) is 11.0. The van der Waals surface area contributed by atoms with Crippen LogP contribution in [-0.2, 0) is 51.0 Å². The van der Waals surface area contributed by atoms with Gasteiger partial charge < -0.3 is 18.9 Å². The molecule has 0 saturated heterocycles. The lowest BCUT2D eigenvalue weighted by molar-refractivity contribution is -0.164. The summed E-state index contributed by atoms with van der Waals surface area (Å²) in [7, 11) is 0. The van der Waals surface area contributed by atoms with Gasteiger partial charge in [0.05, 0.1) is 26.4 Å². The first-order valence-electron chi connectivity index (χ1n) is 16.1. The van der Waals surface area contributed by atoms with Crippen molar-refractivity contribution >= 4 is 23.9 Å². The van der Waals surface area contributed by atoms with Crippen LogP contribution < -0.4 is 0 Å². The van der Waals surface area contributed by atoms with Crippen LogP contribution in [0.5, 0.6) is 0 Å². The number of hydrogen-bond acceptors (Lipinski definition) is 8. The summed E-state index contributed by atoms with van der Waals surface area (Å²) in [5.41, 5.74) is 1.42. The Morgan fingerprint density at radius 1 is 0.500 bits per heavy atom. The van der Waals surface area contributed by atoms with E-state index in [1.807, 2.05) is 18.2 Å². The van der Waals surface area contributed by atoms with Gasteiger partial charge in [0.15, 0.2) is 11.8 Å². The van der Waals surface area contributed by atoms with E-state index in [2.05, 4.69) is 27.7 Å². The zero-order valence-electron chi connectivity index (χ0n) is 26.5. The molecule has 1 rings (SSSR count). The van der Waals surface area contributed by atoms with Crippen molar-refractivity contribution in [3.63, 3.8) is 0 Å². The molecule has 238 valence electrons. The predicted molar refractivity (Wildman–Crippen MR) is 163 cm³/mol. The lowest BCUT2D eigenvalue weighted by atomic mass is 9.94. The zero-order valence-corrected chi connectivity index (χ0v) is 26.5. The topological polar surface area (TPSA) is 105 Å². The molecule has 8 heteroatoms. The van der Waals surface area contributed by atoms with Gasteiger partial charge in [0, 0.05) is 0 Å². The van der Waals surface area contributed by atoms with Gasteiger partial charge in [-0.15, -0.1) is 0 Å². The summed E-state index contributed by atoms with van der Waals surface area (Å²) >= 11 is 0. The highest BCUT2D eigenvalue weighted by atomic mass is 16.6. The maximum atomic E-state index is 12.9. The molecule has 0 N–H and O–H groups in total. The first-order valence-corrected chi connectivity index (χ1v) is 16.1. The van der Waals surface area contributed by atoms with Gasteiger partial charge in [-0.1, -0.05) is 103 Å². The molecule has 0 radical (unpaired) electrons. The van der Waals surface area contributed by atoms with Crippen LogP contribution in [0.1, 0.15) is 116 Å². The van der Waals surface area contributed by atoms with Crippen molar-refractivity contribution in [3.8, 4) is 0 Å². The summed E-state index contributed by atoms with van der Waals surface area (Å²) < 4.78 is 21.7. The van der Waals surface area contributed by atoms with Gasteiger partial charge in [0.1, 0.15) is 0 Å².